The van der Waals surface area contributed by atoms with Crippen molar-refractivity contribution in [3.63, 3.8) is 0 Å². The summed E-state index contributed by atoms with van der Waals surface area (Å²) in [4.78, 5) is 29.0. The SMILES string of the molecule is Cc1cccc(C)c1-c1cc(NC(=O)OC(C)(C)C)cc(-c2[nH]c(C)c(C(=O)Nc3cccc(C(F)(F)C4CC4)c3)[n+]2[O-])c1. The van der Waals surface area contributed by atoms with Gasteiger partial charge in [-0.05, 0) is 100 Å². The van der Waals surface area contributed by atoms with Gasteiger partial charge in [-0.1, -0.05) is 30.3 Å². The van der Waals surface area contributed by atoms with Crippen LogP contribution in [0.5, 0.6) is 0 Å². The fraction of sp³-hybridized carbons (Fsp3) is 0.324. The van der Waals surface area contributed by atoms with Crippen molar-refractivity contribution in [3.8, 4) is 22.5 Å². The molecule has 44 heavy (non-hydrogen) atoms. The van der Waals surface area contributed by atoms with E-state index in [0.29, 0.717) is 28.8 Å². The molecule has 0 saturated heterocycles. The smallest absolute Gasteiger partial charge is 0.412 e. The van der Waals surface area contributed by atoms with Gasteiger partial charge in [0.15, 0.2) is 5.69 Å². The number of carbonyl (C=O) groups excluding carboxylic acids is 2. The molecule has 230 valence electrons. The Morgan fingerprint density at radius 2 is 1.55 bits per heavy atom. The Morgan fingerprint density at radius 3 is 2.18 bits per heavy atom. The minimum Gasteiger partial charge on any atom is -0.710 e. The third kappa shape index (κ3) is 6.44. The van der Waals surface area contributed by atoms with E-state index in [1.165, 1.54) is 24.3 Å². The lowest BCUT2D eigenvalue weighted by atomic mass is 9.94. The summed E-state index contributed by atoms with van der Waals surface area (Å²) in [5, 5.41) is 19.0. The number of benzene rings is 3. The standard InChI is InChI=1S/C34H36F2N4O4/c1-19-9-7-10-20(2)28(19)22-15-23(17-27(16-22)39-32(42)44-33(4,5)6)30-37-21(3)29(40(30)43)31(41)38-26-12-8-11-25(18-26)34(35,36)24-13-14-24/h7-12,15-18,24,37H,13-14H2,1-6H3,(H,38,41)(H,39,42). The Morgan fingerprint density at radius 1 is 0.909 bits per heavy atom. The van der Waals surface area contributed by atoms with Gasteiger partial charge in [0.05, 0.1) is 5.56 Å². The molecule has 8 nitrogen and oxygen atoms in total. The molecule has 1 aliphatic carbocycles. The molecule has 10 heteroatoms. The molecule has 0 radical (unpaired) electrons. The highest BCUT2D eigenvalue weighted by Crippen LogP contribution is 2.50. The second-order valence-electron chi connectivity index (χ2n) is 12.4. The molecule has 4 aromatic rings. The zero-order valence-electron chi connectivity index (χ0n) is 25.6. The van der Waals surface area contributed by atoms with Crippen LogP contribution < -0.4 is 15.4 Å². The molecule has 0 spiro atoms. The first-order valence-electron chi connectivity index (χ1n) is 14.5. The molecular weight excluding hydrogens is 566 g/mol. The number of anilines is 2. The monoisotopic (exact) mass is 602 g/mol. The van der Waals surface area contributed by atoms with Crippen LogP contribution in [0.2, 0.25) is 0 Å². The van der Waals surface area contributed by atoms with E-state index in [1.807, 2.05) is 32.0 Å². The Labute approximate surface area is 255 Å². The van der Waals surface area contributed by atoms with Crippen LogP contribution in [0.15, 0.2) is 60.7 Å². The van der Waals surface area contributed by atoms with Crippen molar-refractivity contribution >= 4 is 23.4 Å². The summed E-state index contributed by atoms with van der Waals surface area (Å²) < 4.78 is 35.3. The minimum absolute atomic E-state index is 0.0713. The largest absolute Gasteiger partial charge is 0.710 e. The average Bonchev–Trinajstić information content (AvgIpc) is 3.73. The number of carbonyl (C=O) groups is 2. The second kappa shape index (κ2) is 11.4. The zero-order valence-corrected chi connectivity index (χ0v) is 25.6. The number of aromatic nitrogens is 2. The number of halogens is 2. The van der Waals surface area contributed by atoms with E-state index in [4.69, 9.17) is 4.74 Å². The summed E-state index contributed by atoms with van der Waals surface area (Å²) in [6.45, 7) is 10.8. The summed E-state index contributed by atoms with van der Waals surface area (Å²) in [6, 6.07) is 16.7. The molecule has 0 atom stereocenters. The van der Waals surface area contributed by atoms with Gasteiger partial charge in [-0.2, -0.15) is 0 Å². The van der Waals surface area contributed by atoms with Gasteiger partial charge in [0.1, 0.15) is 5.60 Å². The van der Waals surface area contributed by atoms with Crippen LogP contribution >= 0.6 is 0 Å². The quantitative estimate of drug-likeness (QED) is 0.147. The van der Waals surface area contributed by atoms with Gasteiger partial charge in [-0.3, -0.25) is 10.1 Å². The predicted octanol–water partition coefficient (Wildman–Crippen LogP) is 8.01. The topological polar surface area (TPSA) is 110 Å². The van der Waals surface area contributed by atoms with Crippen LogP contribution in [0.4, 0.5) is 25.0 Å². The molecule has 2 amide bonds. The highest BCUT2D eigenvalue weighted by atomic mass is 19.3. The third-order valence-corrected chi connectivity index (χ3v) is 7.50. The van der Waals surface area contributed by atoms with Crippen LogP contribution in [0.1, 0.15) is 66.5 Å². The number of hydrogen-bond donors (Lipinski definition) is 3. The number of H-pyrrole nitrogens is 1. The number of nitrogens with zero attached hydrogens (tertiary/aromatic N) is 1. The zero-order chi connectivity index (χ0) is 32.0. The normalized spacial score (nSPS) is 13.5. The van der Waals surface area contributed by atoms with Crippen LogP contribution in [0, 0.1) is 31.9 Å². The van der Waals surface area contributed by atoms with Crippen molar-refractivity contribution in [2.24, 2.45) is 5.92 Å². The van der Waals surface area contributed by atoms with Gasteiger partial charge in [0, 0.05) is 29.8 Å². The second-order valence-corrected chi connectivity index (χ2v) is 12.4. The van der Waals surface area contributed by atoms with E-state index >= 15 is 0 Å². The number of rotatable bonds is 7. The lowest BCUT2D eigenvalue weighted by Gasteiger charge is -2.20. The van der Waals surface area contributed by atoms with Gasteiger partial charge < -0.3 is 15.3 Å². The van der Waals surface area contributed by atoms with E-state index in [1.54, 1.807) is 45.9 Å². The highest BCUT2D eigenvalue weighted by Gasteiger charge is 2.48. The Bertz CT molecular complexity index is 1730. The Hall–Kier alpha value is -4.73. The fourth-order valence-electron chi connectivity index (χ4n) is 5.35. The molecule has 0 unspecified atom stereocenters. The van der Waals surface area contributed by atoms with Crippen molar-refractivity contribution in [1.29, 1.82) is 0 Å². The lowest BCUT2D eigenvalue weighted by molar-refractivity contribution is -0.594. The van der Waals surface area contributed by atoms with Crippen LogP contribution in [0.25, 0.3) is 22.5 Å². The number of aromatic amines is 1. The van der Waals surface area contributed by atoms with E-state index in [9.17, 15) is 23.6 Å². The number of alkyl halides is 2. The number of imidazole rings is 1. The van der Waals surface area contributed by atoms with Gasteiger partial charge >= 0.3 is 6.09 Å². The number of nitrogens with one attached hydrogen (secondary N) is 3. The summed E-state index contributed by atoms with van der Waals surface area (Å²) in [6.07, 6.45) is 0.268. The molecule has 0 aliphatic heterocycles. The predicted molar refractivity (Wildman–Crippen MR) is 166 cm³/mol. The van der Waals surface area contributed by atoms with Gasteiger partial charge in [-0.25, -0.2) is 23.3 Å². The maximum absolute atomic E-state index is 14.7. The first kappa shape index (κ1) is 30.7. The maximum Gasteiger partial charge on any atom is 0.412 e. The summed E-state index contributed by atoms with van der Waals surface area (Å²) >= 11 is 0. The molecule has 1 heterocycles. The van der Waals surface area contributed by atoms with Crippen molar-refractivity contribution in [3.05, 3.63) is 93.9 Å². The average molecular weight is 603 g/mol. The molecule has 1 aliphatic rings. The molecule has 5 rings (SSSR count). The van der Waals surface area contributed by atoms with Crippen molar-refractivity contribution in [1.82, 2.24) is 4.98 Å². The molecule has 3 N–H and O–H groups in total. The van der Waals surface area contributed by atoms with E-state index < -0.39 is 29.4 Å². The molecule has 3 aromatic carbocycles. The highest BCUT2D eigenvalue weighted by molar-refractivity contribution is 6.03. The van der Waals surface area contributed by atoms with Crippen molar-refractivity contribution in [2.75, 3.05) is 10.6 Å². The third-order valence-electron chi connectivity index (χ3n) is 7.50. The van der Waals surface area contributed by atoms with Crippen LogP contribution in [-0.2, 0) is 10.7 Å². The first-order valence-corrected chi connectivity index (χ1v) is 14.5. The van der Waals surface area contributed by atoms with Gasteiger partial charge in [-0.15, -0.1) is 0 Å². The summed E-state index contributed by atoms with van der Waals surface area (Å²) in [7, 11) is 0. The Balaban J connectivity index is 1.51. The first-order chi connectivity index (χ1) is 20.6. The van der Waals surface area contributed by atoms with Crippen molar-refractivity contribution < 1.29 is 27.8 Å². The number of hydrogen-bond acceptors (Lipinski definition) is 4. The molecule has 1 aromatic heterocycles. The van der Waals surface area contributed by atoms with E-state index in [2.05, 4.69) is 15.6 Å². The van der Waals surface area contributed by atoms with E-state index in [-0.39, 0.29) is 28.5 Å². The Kier molecular flexibility index (Phi) is 7.96. The molecule has 1 fully saturated rings. The van der Waals surface area contributed by atoms with Crippen LogP contribution in [0.3, 0.4) is 0 Å². The summed E-state index contributed by atoms with van der Waals surface area (Å²) in [5.41, 5.74) is 3.82. The van der Waals surface area contributed by atoms with E-state index in [0.717, 1.165) is 22.3 Å². The lowest BCUT2D eigenvalue weighted by Crippen LogP contribution is -2.36. The molecule has 0 bridgehead atoms. The maximum atomic E-state index is 14.7. The van der Waals surface area contributed by atoms with Crippen LogP contribution in [-0.4, -0.2) is 22.6 Å². The number of ether oxygens (including phenoxy) is 1. The molecular formula is C34H36F2N4O4. The number of aryl methyl sites for hydroxylation is 3. The molecule has 1 saturated carbocycles. The van der Waals surface area contributed by atoms with Crippen molar-refractivity contribution in [2.45, 2.75) is 65.9 Å². The summed E-state index contributed by atoms with van der Waals surface area (Å²) in [5.74, 6) is -4.35. The van der Waals surface area contributed by atoms with Gasteiger partial charge in [0.25, 0.3) is 17.7 Å². The minimum atomic E-state index is -2.98. The number of amides is 2. The van der Waals surface area contributed by atoms with Gasteiger partial charge in [0.2, 0.25) is 5.69 Å². The fourth-order valence-corrected chi connectivity index (χ4v) is 5.35.